The number of hydrogen-bond donors (Lipinski definition) is 1. The summed E-state index contributed by atoms with van der Waals surface area (Å²) in [6.45, 7) is 12.4. The van der Waals surface area contributed by atoms with Crippen molar-refractivity contribution < 1.29 is 5.11 Å². The van der Waals surface area contributed by atoms with Gasteiger partial charge in [-0.05, 0) is 43.1 Å². The van der Waals surface area contributed by atoms with Crippen LogP contribution in [0.25, 0.3) is 0 Å². The fourth-order valence-electron chi connectivity index (χ4n) is 2.54. The molecule has 0 amide bonds. The molecule has 1 saturated carbocycles. The van der Waals surface area contributed by atoms with E-state index in [2.05, 4.69) is 27.0 Å². The number of hydrogen-bond acceptors (Lipinski definition) is 1. The van der Waals surface area contributed by atoms with Gasteiger partial charge < -0.3 is 5.11 Å². The normalized spacial score (nSPS) is 33.3. The van der Waals surface area contributed by atoms with Crippen LogP contribution in [0.1, 0.15) is 26.7 Å². The summed E-state index contributed by atoms with van der Waals surface area (Å²) < 4.78 is 0. The minimum absolute atomic E-state index is 0.124. The number of aliphatic hydroxyl groups excluding tert-OH is 1. The largest absolute Gasteiger partial charge is 0.392 e. The highest BCUT2D eigenvalue weighted by Crippen LogP contribution is 2.43. The molecule has 1 heteroatoms. The Balaban J connectivity index is 2.76. The lowest BCUT2D eigenvalue weighted by atomic mass is 9.81. The molecular weight excluding hydrogens is 160 g/mol. The number of aliphatic hydroxyl groups is 1. The Morgan fingerprint density at radius 1 is 1.38 bits per heavy atom. The van der Waals surface area contributed by atoms with E-state index in [1.165, 1.54) is 18.4 Å². The molecule has 0 aliphatic heterocycles. The van der Waals surface area contributed by atoms with Crippen molar-refractivity contribution in [1.29, 1.82) is 0 Å². The summed E-state index contributed by atoms with van der Waals surface area (Å²) in [5, 5.41) is 9.08. The van der Waals surface area contributed by atoms with Crippen LogP contribution in [0.3, 0.4) is 0 Å². The van der Waals surface area contributed by atoms with Crippen LogP contribution < -0.4 is 0 Å². The van der Waals surface area contributed by atoms with Crippen LogP contribution in [0, 0.1) is 17.8 Å². The first kappa shape index (κ1) is 10.5. The van der Waals surface area contributed by atoms with Crippen molar-refractivity contribution in [2.24, 2.45) is 17.8 Å². The van der Waals surface area contributed by atoms with E-state index >= 15 is 0 Å². The van der Waals surface area contributed by atoms with E-state index in [0.29, 0.717) is 17.8 Å². The van der Waals surface area contributed by atoms with Crippen LogP contribution in [-0.2, 0) is 0 Å². The van der Waals surface area contributed by atoms with Crippen molar-refractivity contribution in [3.63, 3.8) is 0 Å². The van der Waals surface area contributed by atoms with Gasteiger partial charge in [-0.1, -0.05) is 25.7 Å². The molecule has 0 unspecified atom stereocenters. The van der Waals surface area contributed by atoms with Crippen LogP contribution in [0.5, 0.6) is 0 Å². The number of rotatable bonds is 3. The molecule has 0 spiro atoms. The molecule has 0 heterocycles. The monoisotopic (exact) mass is 180 g/mol. The zero-order valence-corrected chi connectivity index (χ0v) is 8.71. The fraction of sp³-hybridized carbons (Fsp3) is 0.667. The van der Waals surface area contributed by atoms with Gasteiger partial charge in [0.2, 0.25) is 0 Å². The summed E-state index contributed by atoms with van der Waals surface area (Å²) in [6.07, 6.45) is 2.45. The second-order valence-corrected chi connectivity index (χ2v) is 4.35. The first-order valence-corrected chi connectivity index (χ1v) is 5.01. The van der Waals surface area contributed by atoms with E-state index in [9.17, 15) is 0 Å². The highest BCUT2D eigenvalue weighted by molar-refractivity contribution is 5.15. The molecule has 1 nitrogen and oxygen atoms in total. The van der Waals surface area contributed by atoms with Crippen molar-refractivity contribution in [3.8, 4) is 0 Å². The average Bonchev–Trinajstić information content (AvgIpc) is 2.46. The van der Waals surface area contributed by atoms with Crippen molar-refractivity contribution in [2.75, 3.05) is 6.61 Å². The Morgan fingerprint density at radius 2 is 2.00 bits per heavy atom. The van der Waals surface area contributed by atoms with E-state index in [0.717, 1.165) is 5.57 Å². The molecule has 0 aromatic rings. The molecule has 0 aromatic heterocycles. The highest BCUT2D eigenvalue weighted by Gasteiger charge is 2.34. The standard InChI is InChI=1S/C12H20O/c1-8(2)11-6-5-9(3)12(11)10(4)7-13/h9,11-13H,1,4-7H2,2-3H3/t9-,11-,12-/m1/s1. The van der Waals surface area contributed by atoms with Crippen molar-refractivity contribution >= 4 is 0 Å². The van der Waals surface area contributed by atoms with Gasteiger partial charge in [-0.15, -0.1) is 0 Å². The third-order valence-electron chi connectivity index (χ3n) is 3.29. The predicted molar refractivity (Wildman–Crippen MR) is 56.4 cm³/mol. The minimum atomic E-state index is 0.124. The third-order valence-corrected chi connectivity index (χ3v) is 3.29. The average molecular weight is 180 g/mol. The fourth-order valence-corrected chi connectivity index (χ4v) is 2.54. The van der Waals surface area contributed by atoms with Crippen LogP contribution in [-0.4, -0.2) is 11.7 Å². The molecule has 3 atom stereocenters. The van der Waals surface area contributed by atoms with Gasteiger partial charge in [0.25, 0.3) is 0 Å². The Labute approximate surface area is 81.2 Å². The molecule has 1 aliphatic rings. The van der Waals surface area contributed by atoms with Gasteiger partial charge in [-0.2, -0.15) is 0 Å². The van der Waals surface area contributed by atoms with Gasteiger partial charge in [0.15, 0.2) is 0 Å². The molecule has 0 saturated heterocycles. The van der Waals surface area contributed by atoms with Crippen molar-refractivity contribution in [2.45, 2.75) is 26.7 Å². The van der Waals surface area contributed by atoms with Gasteiger partial charge in [0.05, 0.1) is 6.61 Å². The number of allylic oxidation sites excluding steroid dienone is 1. The maximum atomic E-state index is 9.08. The van der Waals surface area contributed by atoms with Gasteiger partial charge >= 0.3 is 0 Å². The lowest BCUT2D eigenvalue weighted by molar-refractivity contribution is 0.290. The van der Waals surface area contributed by atoms with Gasteiger partial charge in [-0.25, -0.2) is 0 Å². The molecule has 1 N–H and O–H groups in total. The summed E-state index contributed by atoms with van der Waals surface area (Å²) in [5.74, 6) is 1.67. The van der Waals surface area contributed by atoms with E-state index < -0.39 is 0 Å². The maximum absolute atomic E-state index is 9.08. The van der Waals surface area contributed by atoms with Gasteiger partial charge in [0, 0.05) is 0 Å². The van der Waals surface area contributed by atoms with Crippen LogP contribution in [0.4, 0.5) is 0 Å². The quantitative estimate of drug-likeness (QED) is 0.662. The molecule has 0 bridgehead atoms. The van der Waals surface area contributed by atoms with Crippen molar-refractivity contribution in [1.82, 2.24) is 0 Å². The Morgan fingerprint density at radius 3 is 2.46 bits per heavy atom. The molecular formula is C12H20O. The minimum Gasteiger partial charge on any atom is -0.392 e. The smallest absolute Gasteiger partial charge is 0.0642 e. The Bertz CT molecular complexity index is 217. The first-order chi connectivity index (χ1) is 6.07. The summed E-state index contributed by atoms with van der Waals surface area (Å²) in [6, 6.07) is 0. The lowest BCUT2D eigenvalue weighted by Crippen LogP contribution is -2.18. The summed E-state index contributed by atoms with van der Waals surface area (Å²) >= 11 is 0. The van der Waals surface area contributed by atoms with E-state index in [4.69, 9.17) is 5.11 Å². The second-order valence-electron chi connectivity index (χ2n) is 4.35. The summed E-state index contributed by atoms with van der Waals surface area (Å²) in [4.78, 5) is 0. The zero-order chi connectivity index (χ0) is 10.0. The second kappa shape index (κ2) is 4.10. The van der Waals surface area contributed by atoms with E-state index in [1.807, 2.05) is 0 Å². The predicted octanol–water partition coefficient (Wildman–Crippen LogP) is 2.77. The maximum Gasteiger partial charge on any atom is 0.0642 e. The molecule has 74 valence electrons. The van der Waals surface area contributed by atoms with E-state index in [-0.39, 0.29) is 6.61 Å². The molecule has 0 aromatic carbocycles. The third kappa shape index (κ3) is 2.02. The van der Waals surface area contributed by atoms with Crippen LogP contribution in [0.2, 0.25) is 0 Å². The highest BCUT2D eigenvalue weighted by atomic mass is 16.3. The Hall–Kier alpha value is -0.560. The molecule has 0 radical (unpaired) electrons. The first-order valence-electron chi connectivity index (χ1n) is 5.01. The molecule has 1 fully saturated rings. The van der Waals surface area contributed by atoms with Crippen LogP contribution in [0.15, 0.2) is 24.3 Å². The topological polar surface area (TPSA) is 20.2 Å². The molecule has 1 aliphatic carbocycles. The van der Waals surface area contributed by atoms with Crippen molar-refractivity contribution in [3.05, 3.63) is 24.3 Å². The van der Waals surface area contributed by atoms with Crippen LogP contribution >= 0.6 is 0 Å². The molecule has 13 heavy (non-hydrogen) atoms. The summed E-state index contributed by atoms with van der Waals surface area (Å²) in [7, 11) is 0. The lowest BCUT2D eigenvalue weighted by Gasteiger charge is -2.24. The Kier molecular flexibility index (Phi) is 3.32. The zero-order valence-electron chi connectivity index (χ0n) is 8.71. The summed E-state index contributed by atoms with van der Waals surface area (Å²) in [5.41, 5.74) is 2.22. The molecule has 1 rings (SSSR count). The van der Waals surface area contributed by atoms with Gasteiger partial charge in [-0.3, -0.25) is 0 Å². The van der Waals surface area contributed by atoms with E-state index in [1.54, 1.807) is 0 Å². The van der Waals surface area contributed by atoms with Gasteiger partial charge in [0.1, 0.15) is 0 Å². The SMILES string of the molecule is C=C(CO)[C@H]1[C@H](C)CC[C@@H]1C(=C)C.